The second kappa shape index (κ2) is 33.3. The molecule has 0 aliphatic rings. The van der Waals surface area contributed by atoms with Crippen molar-refractivity contribution in [1.82, 2.24) is 10.6 Å². The number of nitrogens with one attached hydrogen (secondary N) is 2. The highest BCUT2D eigenvalue weighted by Gasteiger charge is 2.01. The van der Waals surface area contributed by atoms with E-state index in [4.69, 9.17) is 34.3 Å². The van der Waals surface area contributed by atoms with Crippen LogP contribution in [0.5, 0.6) is 0 Å². The van der Waals surface area contributed by atoms with Gasteiger partial charge < -0.3 is 40.1 Å². The molecule has 0 saturated carbocycles. The second-order valence-electron chi connectivity index (χ2n) is 6.32. The Labute approximate surface area is 250 Å². The Balaban J connectivity index is 3.28. The number of aliphatic imine (C=N–C) groups is 2. The molecule has 0 aliphatic carbocycles. The Bertz CT molecular complexity index is 629. The fourth-order valence-electron chi connectivity index (χ4n) is 1.89. The SMILES string of the molecule is O=C(NCCSCCN=COOCSCO)OCCSCCOOC=NCCSCCNC(=O)OCSCO. The Hall–Kier alpha value is -0.930. The normalized spacial score (nSPS) is 11.1. The van der Waals surface area contributed by atoms with Gasteiger partial charge in [0.05, 0.1) is 25.0 Å². The molecule has 14 nitrogen and oxygen atoms in total. The van der Waals surface area contributed by atoms with Gasteiger partial charge in [0.1, 0.15) is 25.1 Å². The molecule has 39 heavy (non-hydrogen) atoms. The number of hydrogen-bond acceptors (Lipinski definition) is 17. The molecule has 0 saturated heterocycles. The van der Waals surface area contributed by atoms with Crippen LogP contribution in [0.4, 0.5) is 9.59 Å². The third-order valence-corrected chi connectivity index (χ3v) is 7.24. The van der Waals surface area contributed by atoms with E-state index in [1.807, 2.05) is 0 Å². The maximum Gasteiger partial charge on any atom is 0.408 e. The van der Waals surface area contributed by atoms with E-state index >= 15 is 0 Å². The number of thioether (sulfide) groups is 5. The van der Waals surface area contributed by atoms with Crippen LogP contribution in [0, 0.1) is 0 Å². The highest BCUT2D eigenvalue weighted by Crippen LogP contribution is 2.02. The zero-order valence-electron chi connectivity index (χ0n) is 21.6. The lowest BCUT2D eigenvalue weighted by Crippen LogP contribution is -2.27. The molecule has 0 aromatic heterocycles. The fraction of sp³-hybridized carbons (Fsp3) is 0.800. The standard InChI is InChI=1S/C20H38N4O10S5/c25-15-38-17-30-20(28)24-4-10-36-7-1-21-13-32-31-6-12-37-11-5-29-19(27)23-3-9-35-8-2-22-14-33-34-18-39-16-26/h13-14,25-26H,1-12,15-18H2,(H,23,27)(H,24,28). The second-order valence-corrected chi connectivity index (χ2v) is 11.8. The highest BCUT2D eigenvalue weighted by atomic mass is 32.2. The smallest absolute Gasteiger partial charge is 0.408 e. The van der Waals surface area contributed by atoms with Crippen LogP contribution in [0.3, 0.4) is 0 Å². The number of nitrogens with zero attached hydrogens (tertiary/aromatic N) is 2. The number of hydrogen-bond donors (Lipinski definition) is 4. The van der Waals surface area contributed by atoms with Crippen LogP contribution >= 0.6 is 58.8 Å². The van der Waals surface area contributed by atoms with Crippen LogP contribution < -0.4 is 10.6 Å². The summed E-state index contributed by atoms with van der Waals surface area (Å²) in [5, 5.41) is 22.4. The van der Waals surface area contributed by atoms with E-state index in [-0.39, 0.29) is 23.8 Å². The number of ether oxygens (including phenoxy) is 2. The van der Waals surface area contributed by atoms with Gasteiger partial charge in [-0.15, -0.1) is 11.8 Å². The van der Waals surface area contributed by atoms with E-state index in [0.29, 0.717) is 50.9 Å². The number of alkyl carbamates (subject to hydrolysis) is 2. The van der Waals surface area contributed by atoms with Crippen molar-refractivity contribution in [1.29, 1.82) is 0 Å². The first-order chi connectivity index (χ1) is 19.2. The van der Waals surface area contributed by atoms with Gasteiger partial charge in [0.15, 0.2) is 0 Å². The molecule has 0 radical (unpaired) electrons. The molecular formula is C20H38N4O10S5. The third-order valence-electron chi connectivity index (χ3n) is 3.49. The van der Waals surface area contributed by atoms with Crippen molar-refractivity contribution in [3.8, 4) is 0 Å². The Morgan fingerprint density at radius 1 is 0.641 bits per heavy atom. The molecular weight excluding hydrogens is 617 g/mol. The van der Waals surface area contributed by atoms with Crippen molar-refractivity contribution in [3.63, 3.8) is 0 Å². The Morgan fingerprint density at radius 2 is 1.18 bits per heavy atom. The number of aliphatic hydroxyl groups is 2. The highest BCUT2D eigenvalue weighted by molar-refractivity contribution is 8.00. The van der Waals surface area contributed by atoms with Gasteiger partial charge in [0.25, 0.3) is 0 Å². The summed E-state index contributed by atoms with van der Waals surface area (Å²) in [5.41, 5.74) is 0. The average molecular weight is 655 g/mol. The van der Waals surface area contributed by atoms with Crippen LogP contribution in [0.15, 0.2) is 9.98 Å². The number of carbonyl (C=O) groups excluding carboxylic acids is 2. The minimum Gasteiger partial charge on any atom is -0.449 e. The molecule has 2 amide bonds. The van der Waals surface area contributed by atoms with Gasteiger partial charge in [0.2, 0.25) is 12.8 Å². The van der Waals surface area contributed by atoms with Crippen molar-refractivity contribution in [3.05, 3.63) is 0 Å². The minimum absolute atomic E-state index is 0.0273. The third kappa shape index (κ3) is 33.2. The van der Waals surface area contributed by atoms with Crippen LogP contribution in [0.2, 0.25) is 0 Å². The summed E-state index contributed by atoms with van der Waals surface area (Å²) in [7, 11) is 0. The Kier molecular flexibility index (Phi) is 32.5. The van der Waals surface area contributed by atoms with Gasteiger partial charge in [-0.05, 0) is 0 Å². The quantitative estimate of drug-likeness (QED) is 0.0240. The molecule has 19 heteroatoms. The molecule has 0 heterocycles. The summed E-state index contributed by atoms with van der Waals surface area (Å²) in [5.74, 6) is 4.59. The van der Waals surface area contributed by atoms with Crippen LogP contribution in [0.1, 0.15) is 0 Å². The van der Waals surface area contributed by atoms with Crippen LogP contribution in [-0.2, 0) is 29.0 Å². The van der Waals surface area contributed by atoms with E-state index in [9.17, 15) is 9.59 Å². The first-order valence-electron chi connectivity index (χ1n) is 11.7. The maximum atomic E-state index is 11.6. The molecule has 228 valence electrons. The van der Waals surface area contributed by atoms with Gasteiger partial charge in [-0.3, -0.25) is 9.98 Å². The van der Waals surface area contributed by atoms with Crippen molar-refractivity contribution in [2.24, 2.45) is 9.98 Å². The van der Waals surface area contributed by atoms with Gasteiger partial charge in [0, 0.05) is 47.6 Å². The molecule has 0 aromatic carbocycles. The molecule has 0 bridgehead atoms. The summed E-state index contributed by atoms with van der Waals surface area (Å²) in [4.78, 5) is 50.2. The van der Waals surface area contributed by atoms with Gasteiger partial charge in [-0.25, -0.2) is 9.59 Å². The van der Waals surface area contributed by atoms with E-state index in [2.05, 4.69) is 25.5 Å². The molecule has 4 N–H and O–H groups in total. The molecule has 0 aliphatic heterocycles. The maximum absolute atomic E-state index is 11.6. The van der Waals surface area contributed by atoms with Crippen molar-refractivity contribution >= 4 is 83.8 Å². The average Bonchev–Trinajstić information content (AvgIpc) is 2.93. The summed E-state index contributed by atoms with van der Waals surface area (Å²) in [6.07, 6.45) is 1.53. The lowest BCUT2D eigenvalue weighted by molar-refractivity contribution is -0.210. The largest absolute Gasteiger partial charge is 0.449 e. The van der Waals surface area contributed by atoms with Gasteiger partial charge in [-0.2, -0.15) is 45.1 Å². The zero-order valence-corrected chi connectivity index (χ0v) is 25.6. The minimum atomic E-state index is -0.498. The number of rotatable bonds is 28. The van der Waals surface area contributed by atoms with Gasteiger partial charge in [-0.1, -0.05) is 11.8 Å². The lowest BCUT2D eigenvalue weighted by atomic mass is 10.7. The molecule has 0 aromatic rings. The molecule has 0 unspecified atom stereocenters. The predicted molar refractivity (Wildman–Crippen MR) is 161 cm³/mol. The lowest BCUT2D eigenvalue weighted by Gasteiger charge is -2.06. The number of carbonyl (C=O) groups is 2. The monoisotopic (exact) mass is 654 g/mol. The van der Waals surface area contributed by atoms with Crippen LogP contribution in [0.25, 0.3) is 0 Å². The van der Waals surface area contributed by atoms with Crippen molar-refractivity contribution in [2.45, 2.75) is 0 Å². The van der Waals surface area contributed by atoms with Crippen molar-refractivity contribution < 1.29 is 48.8 Å². The molecule has 0 atom stereocenters. The topological polar surface area (TPSA) is 179 Å². The van der Waals surface area contributed by atoms with E-state index < -0.39 is 12.2 Å². The van der Waals surface area contributed by atoms with E-state index in [0.717, 1.165) is 34.8 Å². The summed E-state index contributed by atoms with van der Waals surface area (Å²) in [6.45, 7) is 2.80. The number of aliphatic hydroxyl groups excluding tert-OH is 2. The molecule has 0 spiro atoms. The summed E-state index contributed by atoms with van der Waals surface area (Å²) < 4.78 is 9.90. The number of amides is 2. The Morgan fingerprint density at radius 3 is 1.82 bits per heavy atom. The van der Waals surface area contributed by atoms with E-state index in [1.165, 1.54) is 24.6 Å². The summed E-state index contributed by atoms with van der Waals surface area (Å²) in [6, 6.07) is 0. The van der Waals surface area contributed by atoms with Crippen molar-refractivity contribution in [2.75, 3.05) is 97.7 Å². The first kappa shape index (κ1) is 38.1. The summed E-state index contributed by atoms with van der Waals surface area (Å²) >= 11 is 7.12. The molecule has 0 fully saturated rings. The zero-order chi connectivity index (χ0) is 28.5. The first-order valence-corrected chi connectivity index (χ1v) is 17.4. The molecule has 0 rings (SSSR count). The predicted octanol–water partition coefficient (Wildman–Crippen LogP) is 1.87. The fourth-order valence-corrected chi connectivity index (χ4v) is 4.31. The van der Waals surface area contributed by atoms with E-state index in [1.54, 1.807) is 35.3 Å². The van der Waals surface area contributed by atoms with Gasteiger partial charge >= 0.3 is 12.2 Å². The van der Waals surface area contributed by atoms with Crippen LogP contribution in [-0.4, -0.2) is 133 Å².